The fraction of sp³-hybridized carbons (Fsp3) is 0.750. The van der Waals surface area contributed by atoms with Crippen LogP contribution in [0.2, 0.25) is 0 Å². The van der Waals surface area contributed by atoms with Gasteiger partial charge in [-0.2, -0.15) is 15.0 Å². The van der Waals surface area contributed by atoms with Gasteiger partial charge in [-0.15, -0.1) is 0 Å². The van der Waals surface area contributed by atoms with Crippen LogP contribution in [0.15, 0.2) is 0 Å². The Hall–Kier alpha value is -1.63. The zero-order chi connectivity index (χ0) is 14.1. The lowest BCUT2D eigenvalue weighted by Gasteiger charge is -2.13. The van der Waals surface area contributed by atoms with E-state index in [0.717, 1.165) is 19.4 Å². The van der Waals surface area contributed by atoms with Gasteiger partial charge in [0.1, 0.15) is 0 Å². The van der Waals surface area contributed by atoms with Gasteiger partial charge in [0.15, 0.2) is 0 Å². The van der Waals surface area contributed by atoms with Crippen molar-refractivity contribution in [2.45, 2.75) is 19.8 Å². The lowest BCUT2D eigenvalue weighted by Crippen LogP contribution is -2.16. The third-order valence-electron chi connectivity index (χ3n) is 2.26. The quantitative estimate of drug-likeness (QED) is 0.675. The summed E-state index contributed by atoms with van der Waals surface area (Å²) in [5.41, 5.74) is 0. The summed E-state index contributed by atoms with van der Waals surface area (Å²) in [5, 5.41) is 3.14. The van der Waals surface area contributed by atoms with Crippen molar-refractivity contribution in [3.8, 4) is 6.01 Å². The van der Waals surface area contributed by atoms with E-state index >= 15 is 0 Å². The summed E-state index contributed by atoms with van der Waals surface area (Å²) in [4.78, 5) is 14.6. The Morgan fingerprint density at radius 1 is 1.16 bits per heavy atom. The number of nitrogens with zero attached hydrogens (tertiary/aromatic N) is 4. The van der Waals surface area contributed by atoms with E-state index in [9.17, 15) is 0 Å². The molecule has 0 spiro atoms. The molecule has 1 rings (SSSR count). The molecule has 0 saturated heterocycles. The van der Waals surface area contributed by atoms with E-state index in [-0.39, 0.29) is 0 Å². The molecule has 0 unspecified atom stereocenters. The molecule has 0 fully saturated rings. The Morgan fingerprint density at radius 3 is 2.58 bits per heavy atom. The molecule has 0 bridgehead atoms. The molecule has 0 aromatic carbocycles. The van der Waals surface area contributed by atoms with Gasteiger partial charge in [0.2, 0.25) is 11.9 Å². The maximum absolute atomic E-state index is 5.51. The number of methoxy groups -OCH3 is 1. The van der Waals surface area contributed by atoms with Gasteiger partial charge in [-0.25, -0.2) is 0 Å². The summed E-state index contributed by atoms with van der Waals surface area (Å²) in [5.74, 6) is 1.12. The molecule has 0 aliphatic rings. The fourth-order valence-corrected chi connectivity index (χ4v) is 1.29. The number of anilines is 2. The molecule has 0 aliphatic heterocycles. The smallest absolute Gasteiger partial charge is 0.323 e. The Kier molecular flexibility index (Phi) is 6.88. The minimum Gasteiger partial charge on any atom is -0.463 e. The molecule has 0 aliphatic carbocycles. The first-order chi connectivity index (χ1) is 9.17. The average Bonchev–Trinajstić information content (AvgIpc) is 2.41. The van der Waals surface area contributed by atoms with Crippen LogP contribution in [0.4, 0.5) is 11.9 Å². The molecule has 19 heavy (non-hydrogen) atoms. The molecule has 1 aromatic rings. The highest BCUT2D eigenvalue weighted by atomic mass is 16.5. The minimum atomic E-state index is 0.341. The summed E-state index contributed by atoms with van der Waals surface area (Å²) < 4.78 is 10.5. The van der Waals surface area contributed by atoms with Crippen molar-refractivity contribution in [3.63, 3.8) is 0 Å². The molecular weight excluding hydrogens is 246 g/mol. The van der Waals surface area contributed by atoms with Gasteiger partial charge < -0.3 is 19.7 Å². The number of aromatic nitrogens is 3. The second kappa shape index (κ2) is 8.47. The standard InChI is InChI=1S/C12H23N5O2/c1-5-7-13-10-14-11(17(2)3)16-12(15-10)19-9-6-8-18-4/h5-9H2,1-4H3,(H,13,14,15,16). The molecule has 7 heteroatoms. The van der Waals surface area contributed by atoms with Crippen LogP contribution in [0.25, 0.3) is 0 Å². The fourth-order valence-electron chi connectivity index (χ4n) is 1.29. The average molecular weight is 269 g/mol. The van der Waals surface area contributed by atoms with Gasteiger partial charge in [0.25, 0.3) is 0 Å². The summed E-state index contributed by atoms with van der Waals surface area (Å²) in [6.07, 6.45) is 1.81. The Balaban J connectivity index is 2.69. The second-order valence-electron chi connectivity index (χ2n) is 4.26. The first kappa shape index (κ1) is 15.4. The highest BCUT2D eigenvalue weighted by molar-refractivity contribution is 5.36. The number of nitrogens with one attached hydrogen (secondary N) is 1. The predicted octanol–water partition coefficient (Wildman–Crippen LogP) is 1.17. The van der Waals surface area contributed by atoms with Crippen LogP contribution in [0.3, 0.4) is 0 Å². The monoisotopic (exact) mass is 269 g/mol. The molecule has 7 nitrogen and oxygen atoms in total. The van der Waals surface area contributed by atoms with E-state index in [1.807, 2.05) is 19.0 Å². The Morgan fingerprint density at radius 2 is 1.95 bits per heavy atom. The molecular formula is C12H23N5O2. The van der Waals surface area contributed by atoms with Crippen molar-refractivity contribution >= 4 is 11.9 Å². The number of rotatable bonds is 9. The largest absolute Gasteiger partial charge is 0.463 e. The summed E-state index contributed by atoms with van der Waals surface area (Å²) >= 11 is 0. The second-order valence-corrected chi connectivity index (χ2v) is 4.26. The lowest BCUT2D eigenvalue weighted by atomic mass is 10.5. The maximum atomic E-state index is 5.51. The van der Waals surface area contributed by atoms with Gasteiger partial charge in [-0.1, -0.05) is 6.92 Å². The molecule has 1 heterocycles. The molecule has 0 saturated carbocycles. The zero-order valence-electron chi connectivity index (χ0n) is 12.1. The molecule has 1 N–H and O–H groups in total. The minimum absolute atomic E-state index is 0.341. The molecule has 0 amide bonds. The summed E-state index contributed by atoms with van der Waals surface area (Å²) in [6.45, 7) is 4.09. The Bertz CT molecular complexity index is 373. The maximum Gasteiger partial charge on any atom is 0.323 e. The van der Waals surface area contributed by atoms with Crippen LogP contribution in [-0.4, -0.2) is 55.9 Å². The number of hydrogen-bond donors (Lipinski definition) is 1. The van der Waals surface area contributed by atoms with Crippen LogP contribution >= 0.6 is 0 Å². The third kappa shape index (κ3) is 5.69. The van der Waals surface area contributed by atoms with Gasteiger partial charge in [-0.05, 0) is 6.42 Å². The number of ether oxygens (including phenoxy) is 2. The van der Waals surface area contributed by atoms with E-state index in [1.165, 1.54) is 0 Å². The predicted molar refractivity (Wildman–Crippen MR) is 74.9 cm³/mol. The van der Waals surface area contributed by atoms with Crippen molar-refractivity contribution in [2.75, 3.05) is 51.2 Å². The Labute approximate surface area is 114 Å². The van der Waals surface area contributed by atoms with Crippen molar-refractivity contribution < 1.29 is 9.47 Å². The van der Waals surface area contributed by atoms with Crippen molar-refractivity contribution in [1.29, 1.82) is 0 Å². The van der Waals surface area contributed by atoms with Crippen molar-refractivity contribution in [1.82, 2.24) is 15.0 Å². The van der Waals surface area contributed by atoms with E-state index in [4.69, 9.17) is 9.47 Å². The molecule has 1 aromatic heterocycles. The van der Waals surface area contributed by atoms with Gasteiger partial charge in [-0.3, -0.25) is 0 Å². The van der Waals surface area contributed by atoms with Crippen LogP contribution in [0.1, 0.15) is 19.8 Å². The molecule has 108 valence electrons. The summed E-state index contributed by atoms with van der Waals surface area (Å²) in [6, 6.07) is 0.341. The first-order valence-corrected chi connectivity index (χ1v) is 6.46. The lowest BCUT2D eigenvalue weighted by molar-refractivity contribution is 0.168. The van der Waals surface area contributed by atoms with E-state index < -0.39 is 0 Å². The first-order valence-electron chi connectivity index (χ1n) is 6.46. The SMILES string of the molecule is CCCNc1nc(OCCCOC)nc(N(C)C)n1. The van der Waals surface area contributed by atoms with Crippen LogP contribution < -0.4 is 15.0 Å². The van der Waals surface area contributed by atoms with E-state index in [0.29, 0.717) is 31.1 Å². The van der Waals surface area contributed by atoms with Gasteiger partial charge >= 0.3 is 6.01 Å². The zero-order valence-corrected chi connectivity index (χ0v) is 12.1. The van der Waals surface area contributed by atoms with Crippen LogP contribution in [0.5, 0.6) is 6.01 Å². The van der Waals surface area contributed by atoms with Crippen LogP contribution in [0, 0.1) is 0 Å². The number of hydrogen-bond acceptors (Lipinski definition) is 7. The van der Waals surface area contributed by atoms with E-state index in [1.54, 1.807) is 7.11 Å². The molecule has 0 radical (unpaired) electrons. The van der Waals surface area contributed by atoms with Crippen LogP contribution in [-0.2, 0) is 4.74 Å². The van der Waals surface area contributed by atoms with Crippen molar-refractivity contribution in [2.24, 2.45) is 0 Å². The van der Waals surface area contributed by atoms with Crippen molar-refractivity contribution in [3.05, 3.63) is 0 Å². The highest BCUT2D eigenvalue weighted by Crippen LogP contribution is 2.13. The normalized spacial score (nSPS) is 10.3. The van der Waals surface area contributed by atoms with Gasteiger partial charge in [0, 0.05) is 40.8 Å². The summed E-state index contributed by atoms with van der Waals surface area (Å²) in [7, 11) is 5.43. The van der Waals surface area contributed by atoms with E-state index in [2.05, 4.69) is 27.2 Å². The molecule has 0 atom stereocenters. The highest BCUT2D eigenvalue weighted by Gasteiger charge is 2.08. The topological polar surface area (TPSA) is 72.4 Å². The third-order valence-corrected chi connectivity index (χ3v) is 2.26. The van der Waals surface area contributed by atoms with Gasteiger partial charge in [0.05, 0.1) is 6.61 Å².